The van der Waals surface area contributed by atoms with Gasteiger partial charge in [-0.15, -0.1) is 0 Å². The molecule has 3 rings (SSSR count). The van der Waals surface area contributed by atoms with Crippen LogP contribution in [0.1, 0.15) is 39.2 Å². The topological polar surface area (TPSA) is 64.0 Å². The molecule has 0 fully saturated rings. The number of nitrogens with one attached hydrogen (secondary N) is 1. The van der Waals surface area contributed by atoms with Crippen LogP contribution in [0.3, 0.4) is 0 Å². The van der Waals surface area contributed by atoms with Gasteiger partial charge in [-0.3, -0.25) is 14.2 Å². The Kier molecular flexibility index (Phi) is 7.21. The average molecular weight is 444 g/mol. The molecule has 1 aromatic heterocycles. The standard InChI is InChI=1S/C23H26ClN3O2S/c1-14(2)12-27-22(29)18-11-16(24)9-10-20(18)26-23(27)30-13-21(28)25-19-8-6-5-7-17(19)15(3)4/h5-11,14-15H,12-13H2,1-4H3,(H,25,28). The number of thioether (sulfide) groups is 1. The molecule has 0 aliphatic carbocycles. The third-order valence-corrected chi connectivity index (χ3v) is 5.83. The number of nitrogens with zero attached hydrogens (tertiary/aromatic N) is 2. The molecule has 158 valence electrons. The fourth-order valence-corrected chi connectivity index (χ4v) is 4.22. The number of rotatable bonds is 7. The Balaban J connectivity index is 1.85. The molecular formula is C23H26ClN3O2S. The van der Waals surface area contributed by atoms with Crippen molar-refractivity contribution < 1.29 is 4.79 Å². The van der Waals surface area contributed by atoms with Gasteiger partial charge in [-0.25, -0.2) is 4.98 Å². The van der Waals surface area contributed by atoms with Crippen molar-refractivity contribution in [1.82, 2.24) is 9.55 Å². The first-order valence-electron chi connectivity index (χ1n) is 9.98. The maximum absolute atomic E-state index is 13.0. The van der Waals surface area contributed by atoms with Crippen molar-refractivity contribution in [3.63, 3.8) is 0 Å². The summed E-state index contributed by atoms with van der Waals surface area (Å²) >= 11 is 7.34. The Morgan fingerprint density at radius 1 is 1.17 bits per heavy atom. The zero-order valence-corrected chi connectivity index (χ0v) is 19.2. The number of halogens is 1. The molecule has 0 aliphatic heterocycles. The number of para-hydroxylation sites is 1. The molecule has 5 nitrogen and oxygen atoms in total. The number of aromatic nitrogens is 2. The Morgan fingerprint density at radius 2 is 1.90 bits per heavy atom. The number of anilines is 1. The Morgan fingerprint density at radius 3 is 2.60 bits per heavy atom. The highest BCUT2D eigenvalue weighted by Crippen LogP contribution is 2.25. The number of fused-ring (bicyclic) bond motifs is 1. The molecule has 0 atom stereocenters. The van der Waals surface area contributed by atoms with E-state index < -0.39 is 0 Å². The number of hydrogen-bond acceptors (Lipinski definition) is 4. The predicted molar refractivity (Wildman–Crippen MR) is 126 cm³/mol. The van der Waals surface area contributed by atoms with Crippen LogP contribution in [-0.4, -0.2) is 21.2 Å². The predicted octanol–water partition coefficient (Wildman–Crippen LogP) is 5.56. The molecule has 0 bridgehead atoms. The van der Waals surface area contributed by atoms with Gasteiger partial charge in [0.2, 0.25) is 5.91 Å². The number of hydrogen-bond donors (Lipinski definition) is 1. The monoisotopic (exact) mass is 443 g/mol. The van der Waals surface area contributed by atoms with Crippen molar-refractivity contribution in [3.8, 4) is 0 Å². The van der Waals surface area contributed by atoms with Crippen LogP contribution in [0.5, 0.6) is 0 Å². The molecule has 0 radical (unpaired) electrons. The van der Waals surface area contributed by atoms with Crippen LogP contribution in [0.15, 0.2) is 52.4 Å². The molecule has 1 amide bonds. The number of benzene rings is 2. The van der Waals surface area contributed by atoms with Gasteiger partial charge in [-0.2, -0.15) is 0 Å². The molecule has 7 heteroatoms. The minimum atomic E-state index is -0.135. The smallest absolute Gasteiger partial charge is 0.262 e. The highest BCUT2D eigenvalue weighted by Gasteiger charge is 2.15. The maximum atomic E-state index is 13.0. The van der Waals surface area contributed by atoms with Gasteiger partial charge in [0.1, 0.15) is 0 Å². The molecule has 1 N–H and O–H groups in total. The first-order chi connectivity index (χ1) is 14.3. The van der Waals surface area contributed by atoms with Crippen molar-refractivity contribution in [2.24, 2.45) is 5.92 Å². The van der Waals surface area contributed by atoms with Crippen LogP contribution in [0, 0.1) is 5.92 Å². The first kappa shape index (κ1) is 22.4. The quantitative estimate of drug-likeness (QED) is 0.383. The van der Waals surface area contributed by atoms with Gasteiger partial charge in [0.15, 0.2) is 5.16 Å². The van der Waals surface area contributed by atoms with Gasteiger partial charge in [-0.1, -0.05) is 69.3 Å². The molecular weight excluding hydrogens is 418 g/mol. The summed E-state index contributed by atoms with van der Waals surface area (Å²) in [6.07, 6.45) is 0. The summed E-state index contributed by atoms with van der Waals surface area (Å²) in [4.78, 5) is 30.3. The molecule has 0 aliphatic rings. The highest BCUT2D eigenvalue weighted by atomic mass is 35.5. The van der Waals surface area contributed by atoms with E-state index >= 15 is 0 Å². The molecule has 0 unspecified atom stereocenters. The largest absolute Gasteiger partial charge is 0.325 e. The lowest BCUT2D eigenvalue weighted by molar-refractivity contribution is -0.113. The van der Waals surface area contributed by atoms with Crippen molar-refractivity contribution in [2.75, 3.05) is 11.1 Å². The molecule has 0 saturated carbocycles. The summed E-state index contributed by atoms with van der Waals surface area (Å²) in [5.41, 5.74) is 2.36. The summed E-state index contributed by atoms with van der Waals surface area (Å²) in [5, 5.41) is 4.52. The molecule has 2 aromatic carbocycles. The number of amides is 1. The van der Waals surface area contributed by atoms with Gasteiger partial charge in [0.25, 0.3) is 5.56 Å². The molecule has 30 heavy (non-hydrogen) atoms. The van der Waals surface area contributed by atoms with E-state index in [4.69, 9.17) is 11.6 Å². The Bertz CT molecular complexity index is 1130. The van der Waals surface area contributed by atoms with Gasteiger partial charge >= 0.3 is 0 Å². The number of carbonyl (C=O) groups excluding carboxylic acids is 1. The summed E-state index contributed by atoms with van der Waals surface area (Å²) < 4.78 is 1.64. The minimum absolute atomic E-state index is 0.130. The van der Waals surface area contributed by atoms with Crippen LogP contribution in [0.25, 0.3) is 10.9 Å². The van der Waals surface area contributed by atoms with E-state index in [9.17, 15) is 9.59 Å². The zero-order chi connectivity index (χ0) is 21.8. The van der Waals surface area contributed by atoms with E-state index in [1.807, 2.05) is 38.1 Å². The number of carbonyl (C=O) groups is 1. The Labute approximate surface area is 185 Å². The SMILES string of the molecule is CC(C)Cn1c(SCC(=O)Nc2ccccc2C(C)C)nc2ccc(Cl)cc2c1=O. The average Bonchev–Trinajstić information content (AvgIpc) is 2.69. The van der Waals surface area contributed by atoms with E-state index in [0.29, 0.717) is 33.5 Å². The first-order valence-corrected chi connectivity index (χ1v) is 11.3. The molecule has 3 aromatic rings. The van der Waals surface area contributed by atoms with Gasteiger partial charge < -0.3 is 5.32 Å². The van der Waals surface area contributed by atoms with Crippen LogP contribution < -0.4 is 10.9 Å². The summed E-state index contributed by atoms with van der Waals surface area (Å²) in [6.45, 7) is 8.79. The van der Waals surface area contributed by atoms with E-state index in [-0.39, 0.29) is 23.1 Å². The Hall–Kier alpha value is -2.31. The lowest BCUT2D eigenvalue weighted by Crippen LogP contribution is -2.26. The van der Waals surface area contributed by atoms with E-state index in [0.717, 1.165) is 11.3 Å². The van der Waals surface area contributed by atoms with Crippen LogP contribution >= 0.6 is 23.4 Å². The lowest BCUT2D eigenvalue weighted by Gasteiger charge is -2.16. The summed E-state index contributed by atoms with van der Waals surface area (Å²) in [5.74, 6) is 0.594. The second kappa shape index (κ2) is 9.67. The van der Waals surface area contributed by atoms with Gasteiger partial charge in [-0.05, 0) is 41.7 Å². The summed E-state index contributed by atoms with van der Waals surface area (Å²) in [7, 11) is 0. The van der Waals surface area contributed by atoms with E-state index in [1.54, 1.807) is 22.8 Å². The van der Waals surface area contributed by atoms with Crippen LogP contribution in [0.2, 0.25) is 5.02 Å². The van der Waals surface area contributed by atoms with E-state index in [1.165, 1.54) is 11.8 Å². The van der Waals surface area contributed by atoms with Gasteiger partial charge in [0.05, 0.1) is 16.7 Å². The van der Waals surface area contributed by atoms with Crippen molar-refractivity contribution in [2.45, 2.75) is 45.3 Å². The maximum Gasteiger partial charge on any atom is 0.262 e. The molecule has 0 spiro atoms. The van der Waals surface area contributed by atoms with Crippen LogP contribution in [0.4, 0.5) is 5.69 Å². The third kappa shape index (κ3) is 5.24. The lowest BCUT2D eigenvalue weighted by atomic mass is 10.0. The second-order valence-corrected chi connectivity index (χ2v) is 9.32. The second-order valence-electron chi connectivity index (χ2n) is 7.94. The summed E-state index contributed by atoms with van der Waals surface area (Å²) in [6, 6.07) is 12.9. The van der Waals surface area contributed by atoms with Crippen molar-refractivity contribution >= 4 is 45.9 Å². The fraction of sp³-hybridized carbons (Fsp3) is 0.348. The molecule has 0 saturated heterocycles. The molecule has 1 heterocycles. The zero-order valence-electron chi connectivity index (χ0n) is 17.6. The fourth-order valence-electron chi connectivity index (χ4n) is 3.24. The van der Waals surface area contributed by atoms with E-state index in [2.05, 4.69) is 24.1 Å². The van der Waals surface area contributed by atoms with Gasteiger partial charge in [0, 0.05) is 17.3 Å². The third-order valence-electron chi connectivity index (χ3n) is 4.62. The highest BCUT2D eigenvalue weighted by molar-refractivity contribution is 7.99. The van der Waals surface area contributed by atoms with Crippen molar-refractivity contribution in [1.29, 1.82) is 0 Å². The minimum Gasteiger partial charge on any atom is -0.325 e. The van der Waals surface area contributed by atoms with Crippen molar-refractivity contribution in [3.05, 3.63) is 63.4 Å². The van der Waals surface area contributed by atoms with Crippen LogP contribution in [-0.2, 0) is 11.3 Å². The normalized spacial score (nSPS) is 11.4.